The highest BCUT2D eigenvalue weighted by atomic mass is 16.5. The van der Waals surface area contributed by atoms with Crippen LogP contribution in [0, 0.1) is 0 Å². The Bertz CT molecular complexity index is 334. The van der Waals surface area contributed by atoms with Gasteiger partial charge < -0.3 is 10.5 Å². The van der Waals surface area contributed by atoms with Crippen molar-refractivity contribution in [2.24, 2.45) is 10.7 Å². The molecule has 0 aromatic heterocycles. The highest BCUT2D eigenvalue weighted by Gasteiger charge is 2.32. The van der Waals surface area contributed by atoms with E-state index in [0.717, 1.165) is 5.56 Å². The number of hydrogen-bond donors (Lipinski definition) is 1. The van der Waals surface area contributed by atoms with Gasteiger partial charge in [0.25, 0.3) is 6.02 Å². The minimum Gasteiger partial charge on any atom is -0.462 e. The third-order valence-corrected chi connectivity index (χ3v) is 2.25. The standard InChI is InChI=1S/C10H12N2O/c1-10(7-13-9(11)12-10)8-5-3-2-4-6-8/h2-6H,7H2,1H3,(H2,11,12)/t10-/m0/s1. The molecule has 1 aliphatic rings. The van der Waals surface area contributed by atoms with Crippen molar-refractivity contribution >= 4 is 6.02 Å². The quantitative estimate of drug-likeness (QED) is 0.700. The second kappa shape index (κ2) is 2.76. The minimum absolute atomic E-state index is 0.284. The molecule has 3 heteroatoms. The van der Waals surface area contributed by atoms with Gasteiger partial charge in [0.1, 0.15) is 12.1 Å². The van der Waals surface area contributed by atoms with Crippen molar-refractivity contribution in [1.29, 1.82) is 0 Å². The zero-order valence-corrected chi connectivity index (χ0v) is 7.53. The van der Waals surface area contributed by atoms with Gasteiger partial charge in [-0.1, -0.05) is 30.3 Å². The number of amidine groups is 1. The lowest BCUT2D eigenvalue weighted by Crippen LogP contribution is -2.20. The van der Waals surface area contributed by atoms with E-state index in [-0.39, 0.29) is 11.6 Å². The molecule has 0 aliphatic carbocycles. The molecular weight excluding hydrogens is 164 g/mol. The molecule has 1 heterocycles. The van der Waals surface area contributed by atoms with Crippen molar-refractivity contribution < 1.29 is 4.74 Å². The van der Waals surface area contributed by atoms with Crippen LogP contribution in [0.25, 0.3) is 0 Å². The van der Waals surface area contributed by atoms with E-state index >= 15 is 0 Å². The highest BCUT2D eigenvalue weighted by Crippen LogP contribution is 2.28. The maximum Gasteiger partial charge on any atom is 0.283 e. The van der Waals surface area contributed by atoms with Gasteiger partial charge in [-0.2, -0.15) is 0 Å². The van der Waals surface area contributed by atoms with E-state index in [1.165, 1.54) is 0 Å². The molecular formula is C10H12N2O. The van der Waals surface area contributed by atoms with E-state index < -0.39 is 0 Å². The molecule has 0 radical (unpaired) electrons. The molecule has 2 rings (SSSR count). The van der Waals surface area contributed by atoms with Crippen molar-refractivity contribution in [2.75, 3.05) is 6.61 Å². The van der Waals surface area contributed by atoms with Crippen LogP contribution < -0.4 is 5.73 Å². The summed E-state index contributed by atoms with van der Waals surface area (Å²) in [6.45, 7) is 2.55. The Morgan fingerprint density at radius 1 is 1.38 bits per heavy atom. The van der Waals surface area contributed by atoms with Crippen LogP contribution in [0.1, 0.15) is 12.5 Å². The average molecular weight is 176 g/mol. The Hall–Kier alpha value is -1.51. The van der Waals surface area contributed by atoms with Crippen LogP contribution in [-0.2, 0) is 10.3 Å². The second-order valence-corrected chi connectivity index (χ2v) is 3.38. The van der Waals surface area contributed by atoms with E-state index in [1.54, 1.807) is 0 Å². The number of benzene rings is 1. The van der Waals surface area contributed by atoms with Gasteiger partial charge >= 0.3 is 0 Å². The molecule has 1 aliphatic heterocycles. The summed E-state index contributed by atoms with van der Waals surface area (Å²) in [5, 5.41) is 0. The Morgan fingerprint density at radius 3 is 2.62 bits per heavy atom. The lowest BCUT2D eigenvalue weighted by atomic mass is 9.94. The topological polar surface area (TPSA) is 47.6 Å². The minimum atomic E-state index is -0.300. The smallest absolute Gasteiger partial charge is 0.283 e. The molecule has 13 heavy (non-hydrogen) atoms. The van der Waals surface area contributed by atoms with Gasteiger partial charge in [0, 0.05) is 0 Å². The van der Waals surface area contributed by atoms with Gasteiger partial charge in [-0.15, -0.1) is 0 Å². The first kappa shape index (κ1) is 8.10. The molecule has 3 nitrogen and oxygen atoms in total. The third kappa shape index (κ3) is 1.37. The Labute approximate surface area is 77.2 Å². The van der Waals surface area contributed by atoms with Crippen molar-refractivity contribution in [3.05, 3.63) is 35.9 Å². The predicted octanol–water partition coefficient (Wildman–Crippen LogP) is 1.25. The van der Waals surface area contributed by atoms with Crippen LogP contribution in [0.15, 0.2) is 35.3 Å². The van der Waals surface area contributed by atoms with Crippen molar-refractivity contribution in [1.82, 2.24) is 0 Å². The molecule has 1 atom stereocenters. The molecule has 0 unspecified atom stereocenters. The van der Waals surface area contributed by atoms with Crippen LogP contribution in [0.4, 0.5) is 0 Å². The lowest BCUT2D eigenvalue weighted by molar-refractivity contribution is 0.266. The summed E-state index contributed by atoms with van der Waals surface area (Å²) in [6.07, 6.45) is 0. The summed E-state index contributed by atoms with van der Waals surface area (Å²) in [5.41, 5.74) is 6.31. The molecule has 0 saturated carbocycles. The molecule has 1 aromatic carbocycles. The summed E-state index contributed by atoms with van der Waals surface area (Å²) in [6, 6.07) is 10.3. The van der Waals surface area contributed by atoms with E-state index in [0.29, 0.717) is 6.61 Å². The number of aliphatic imine (C=N–C) groups is 1. The zero-order valence-electron chi connectivity index (χ0n) is 7.53. The number of nitrogens with zero attached hydrogens (tertiary/aromatic N) is 1. The largest absolute Gasteiger partial charge is 0.462 e. The fraction of sp³-hybridized carbons (Fsp3) is 0.300. The van der Waals surface area contributed by atoms with Crippen LogP contribution >= 0.6 is 0 Å². The first-order chi connectivity index (χ1) is 6.21. The van der Waals surface area contributed by atoms with Gasteiger partial charge in [0.15, 0.2) is 0 Å². The van der Waals surface area contributed by atoms with Gasteiger partial charge in [-0.05, 0) is 12.5 Å². The SMILES string of the molecule is C[C@@]1(c2ccccc2)COC(N)=N1. The van der Waals surface area contributed by atoms with Crippen LogP contribution in [-0.4, -0.2) is 12.6 Å². The van der Waals surface area contributed by atoms with Crippen LogP contribution in [0.5, 0.6) is 0 Å². The van der Waals surface area contributed by atoms with Crippen molar-refractivity contribution in [2.45, 2.75) is 12.5 Å². The van der Waals surface area contributed by atoms with Gasteiger partial charge in [-0.3, -0.25) is 0 Å². The van der Waals surface area contributed by atoms with Gasteiger partial charge in [0.2, 0.25) is 0 Å². The average Bonchev–Trinajstić information content (AvgIpc) is 2.49. The van der Waals surface area contributed by atoms with Crippen LogP contribution in [0.2, 0.25) is 0 Å². The molecule has 0 amide bonds. The molecule has 0 spiro atoms. The summed E-state index contributed by atoms with van der Waals surface area (Å²) < 4.78 is 5.15. The summed E-state index contributed by atoms with van der Waals surface area (Å²) in [4.78, 5) is 4.26. The Morgan fingerprint density at radius 2 is 2.08 bits per heavy atom. The fourth-order valence-electron chi connectivity index (χ4n) is 1.47. The number of ether oxygens (including phenoxy) is 1. The zero-order chi connectivity index (χ0) is 9.31. The molecule has 2 N–H and O–H groups in total. The number of nitrogens with two attached hydrogens (primary N) is 1. The third-order valence-electron chi connectivity index (χ3n) is 2.25. The molecule has 0 bridgehead atoms. The number of hydrogen-bond acceptors (Lipinski definition) is 3. The van der Waals surface area contributed by atoms with E-state index in [2.05, 4.69) is 4.99 Å². The number of rotatable bonds is 1. The van der Waals surface area contributed by atoms with E-state index in [1.807, 2.05) is 37.3 Å². The highest BCUT2D eigenvalue weighted by molar-refractivity contribution is 5.74. The van der Waals surface area contributed by atoms with Crippen LogP contribution in [0.3, 0.4) is 0 Å². The Balaban J connectivity index is 2.37. The summed E-state index contributed by atoms with van der Waals surface area (Å²) in [5.74, 6) is 0. The summed E-state index contributed by atoms with van der Waals surface area (Å²) in [7, 11) is 0. The predicted molar refractivity (Wildman–Crippen MR) is 51.4 cm³/mol. The first-order valence-corrected chi connectivity index (χ1v) is 4.24. The van der Waals surface area contributed by atoms with E-state index in [9.17, 15) is 0 Å². The molecule has 0 fully saturated rings. The van der Waals surface area contributed by atoms with Gasteiger partial charge in [-0.25, -0.2) is 4.99 Å². The van der Waals surface area contributed by atoms with Crippen molar-refractivity contribution in [3.8, 4) is 0 Å². The summed E-state index contributed by atoms with van der Waals surface area (Å²) >= 11 is 0. The lowest BCUT2D eigenvalue weighted by Gasteiger charge is -2.17. The fourth-order valence-corrected chi connectivity index (χ4v) is 1.47. The maximum absolute atomic E-state index is 5.48. The second-order valence-electron chi connectivity index (χ2n) is 3.38. The van der Waals surface area contributed by atoms with Crippen molar-refractivity contribution in [3.63, 3.8) is 0 Å². The molecule has 1 aromatic rings. The molecule has 0 saturated heterocycles. The monoisotopic (exact) mass is 176 g/mol. The Kier molecular flexibility index (Phi) is 1.72. The normalized spacial score (nSPS) is 26.7. The molecule has 68 valence electrons. The van der Waals surface area contributed by atoms with E-state index in [4.69, 9.17) is 10.5 Å². The van der Waals surface area contributed by atoms with Gasteiger partial charge in [0.05, 0.1) is 0 Å². The maximum atomic E-state index is 5.48. The first-order valence-electron chi connectivity index (χ1n) is 4.24.